The number of rotatable bonds is 10. The number of nitrogens with zero attached hydrogens (tertiary/aromatic N) is 4. The molecule has 1 heterocycles. The molecule has 0 saturated carbocycles. The number of methoxy groups -OCH3 is 1. The zero-order valence-corrected chi connectivity index (χ0v) is 22.0. The van der Waals surface area contributed by atoms with Crippen molar-refractivity contribution < 1.29 is 9.53 Å². The molecule has 0 fully saturated rings. The number of amidine groups is 1. The Morgan fingerprint density at radius 2 is 1.74 bits per heavy atom. The van der Waals surface area contributed by atoms with Crippen molar-refractivity contribution in [2.24, 2.45) is 15.9 Å². The van der Waals surface area contributed by atoms with Gasteiger partial charge in [0.05, 0.1) is 41.6 Å². The summed E-state index contributed by atoms with van der Waals surface area (Å²) in [5.74, 6) is 0.657. The number of nitrogens with two attached hydrogens (primary N) is 1. The molecule has 1 amide bonds. The Morgan fingerprint density at radius 1 is 1.03 bits per heavy atom. The Hall–Kier alpha value is -4.34. The fraction of sp³-hybridized carbons (Fsp3) is 0.111. The standard InChI is InChI=1S/C27H25Cl2N7O2/c1-31-35-33-26(30)15-32-27(37)19-5-3-17(4-6-19)16-36-25(20-9-12-22(28)23(29)13-20)14-24(34-36)18-7-10-21(38-2)11-8-18/h3-14,35H,1,15-16H2,2H3,(H2,30,33)(H,32,37). The molecule has 0 spiro atoms. The molecule has 0 unspecified atom stereocenters. The minimum Gasteiger partial charge on any atom is -0.497 e. The molecule has 1 aromatic heterocycles. The highest BCUT2D eigenvalue weighted by molar-refractivity contribution is 6.42. The highest BCUT2D eigenvalue weighted by atomic mass is 35.5. The molecule has 0 saturated heterocycles. The molecular formula is C27H25Cl2N7O2. The molecule has 38 heavy (non-hydrogen) atoms. The number of hydrogen-bond donors (Lipinski definition) is 3. The molecule has 0 bridgehead atoms. The largest absolute Gasteiger partial charge is 0.497 e. The molecule has 0 aliphatic carbocycles. The molecule has 194 valence electrons. The third kappa shape index (κ3) is 6.50. The number of carbonyl (C=O) groups excluding carboxylic acids is 1. The van der Waals surface area contributed by atoms with Crippen LogP contribution >= 0.6 is 23.2 Å². The van der Waals surface area contributed by atoms with Crippen molar-refractivity contribution >= 4 is 41.7 Å². The first-order valence-electron chi connectivity index (χ1n) is 11.5. The van der Waals surface area contributed by atoms with E-state index < -0.39 is 0 Å². The molecular weight excluding hydrogens is 525 g/mol. The Labute approximate surface area is 229 Å². The second-order valence-corrected chi connectivity index (χ2v) is 8.99. The number of amides is 1. The summed E-state index contributed by atoms with van der Waals surface area (Å²) in [5.41, 5.74) is 12.9. The lowest BCUT2D eigenvalue weighted by molar-refractivity contribution is 0.0959. The molecule has 0 aliphatic rings. The van der Waals surface area contributed by atoms with Crippen LogP contribution in [0.2, 0.25) is 10.0 Å². The SMILES string of the molecule is C=NN/N=C(\N)CNC(=O)c1ccc(Cn2nc(-c3ccc(OC)cc3)cc2-c2ccc(Cl)c(Cl)c2)cc1. The van der Waals surface area contributed by atoms with Gasteiger partial charge in [-0.15, -0.1) is 5.10 Å². The van der Waals surface area contributed by atoms with E-state index in [1.165, 1.54) is 0 Å². The first-order chi connectivity index (χ1) is 18.4. The number of hydrazone groups is 2. The Bertz CT molecular complexity index is 1470. The van der Waals surface area contributed by atoms with Gasteiger partial charge in [-0.05, 0) is 60.2 Å². The van der Waals surface area contributed by atoms with E-state index in [4.69, 9.17) is 38.8 Å². The van der Waals surface area contributed by atoms with Gasteiger partial charge < -0.3 is 15.8 Å². The monoisotopic (exact) mass is 549 g/mol. The van der Waals surface area contributed by atoms with Gasteiger partial charge in [-0.2, -0.15) is 15.7 Å². The van der Waals surface area contributed by atoms with Crippen LogP contribution in [0.1, 0.15) is 15.9 Å². The lowest BCUT2D eigenvalue weighted by Gasteiger charge is -2.10. The van der Waals surface area contributed by atoms with Crippen molar-refractivity contribution in [1.29, 1.82) is 0 Å². The van der Waals surface area contributed by atoms with E-state index in [2.05, 4.69) is 27.8 Å². The molecule has 4 N–H and O–H groups in total. The van der Waals surface area contributed by atoms with E-state index in [1.807, 2.05) is 59.3 Å². The van der Waals surface area contributed by atoms with Crippen LogP contribution in [0.4, 0.5) is 0 Å². The van der Waals surface area contributed by atoms with Gasteiger partial charge in [0, 0.05) is 23.4 Å². The smallest absolute Gasteiger partial charge is 0.251 e. The molecule has 4 aromatic rings. The molecule has 0 radical (unpaired) electrons. The number of nitrogens with one attached hydrogen (secondary N) is 2. The van der Waals surface area contributed by atoms with Gasteiger partial charge in [0.15, 0.2) is 0 Å². The van der Waals surface area contributed by atoms with Crippen molar-refractivity contribution in [2.75, 3.05) is 13.7 Å². The van der Waals surface area contributed by atoms with Gasteiger partial charge in [0.1, 0.15) is 11.6 Å². The molecule has 0 aliphatic heterocycles. The van der Waals surface area contributed by atoms with Gasteiger partial charge in [-0.3, -0.25) is 9.48 Å². The first kappa shape index (κ1) is 26.7. The summed E-state index contributed by atoms with van der Waals surface area (Å²) in [6.07, 6.45) is 0. The Balaban J connectivity index is 1.58. The maximum atomic E-state index is 12.5. The molecule has 9 nitrogen and oxygen atoms in total. The average Bonchev–Trinajstić information content (AvgIpc) is 3.36. The summed E-state index contributed by atoms with van der Waals surface area (Å²) >= 11 is 12.5. The van der Waals surface area contributed by atoms with Gasteiger partial charge in [0.25, 0.3) is 5.91 Å². The number of halogens is 2. The van der Waals surface area contributed by atoms with Crippen LogP contribution < -0.4 is 21.3 Å². The zero-order chi connectivity index (χ0) is 27.1. The number of hydrogen-bond acceptors (Lipinski definition) is 6. The summed E-state index contributed by atoms with van der Waals surface area (Å²) in [7, 11) is 1.63. The van der Waals surface area contributed by atoms with Crippen LogP contribution in [0.3, 0.4) is 0 Å². The van der Waals surface area contributed by atoms with E-state index in [0.717, 1.165) is 33.8 Å². The first-order valence-corrected chi connectivity index (χ1v) is 12.2. The van der Waals surface area contributed by atoms with Gasteiger partial charge in [0.2, 0.25) is 0 Å². The van der Waals surface area contributed by atoms with Crippen molar-refractivity contribution in [3.8, 4) is 28.3 Å². The second-order valence-electron chi connectivity index (χ2n) is 8.17. The summed E-state index contributed by atoms with van der Waals surface area (Å²) in [5, 5.41) is 15.6. The van der Waals surface area contributed by atoms with E-state index in [-0.39, 0.29) is 18.3 Å². The molecule has 3 aromatic carbocycles. The maximum Gasteiger partial charge on any atom is 0.251 e. The van der Waals surface area contributed by atoms with Crippen molar-refractivity contribution in [2.45, 2.75) is 6.54 Å². The predicted octanol–water partition coefficient (Wildman–Crippen LogP) is 4.79. The summed E-state index contributed by atoms with van der Waals surface area (Å²) in [6.45, 7) is 3.77. The highest BCUT2D eigenvalue weighted by Gasteiger charge is 2.14. The minimum absolute atomic E-state index is 0.0670. The van der Waals surface area contributed by atoms with Gasteiger partial charge in [-0.25, -0.2) is 0 Å². The quantitative estimate of drug-likeness (QED) is 0.149. The lowest BCUT2D eigenvalue weighted by Crippen LogP contribution is -2.34. The average molecular weight is 550 g/mol. The molecule has 0 atom stereocenters. The van der Waals surface area contributed by atoms with Crippen LogP contribution in [0, 0.1) is 0 Å². The van der Waals surface area contributed by atoms with Crippen LogP contribution in [0.25, 0.3) is 22.5 Å². The lowest BCUT2D eigenvalue weighted by atomic mass is 10.1. The predicted molar refractivity (Wildman–Crippen MR) is 152 cm³/mol. The van der Waals surface area contributed by atoms with Gasteiger partial charge >= 0.3 is 0 Å². The van der Waals surface area contributed by atoms with Crippen molar-refractivity contribution in [3.05, 3.63) is 94.0 Å². The summed E-state index contributed by atoms with van der Waals surface area (Å²) in [4.78, 5) is 12.5. The van der Waals surface area contributed by atoms with Gasteiger partial charge in [-0.1, -0.05) is 41.4 Å². The van der Waals surface area contributed by atoms with Crippen molar-refractivity contribution in [1.82, 2.24) is 20.6 Å². The van der Waals surface area contributed by atoms with E-state index in [9.17, 15) is 4.79 Å². The topological polar surface area (TPSA) is 119 Å². The normalized spacial score (nSPS) is 11.2. The fourth-order valence-corrected chi connectivity index (χ4v) is 3.97. The Kier molecular flexibility index (Phi) is 8.62. The number of benzene rings is 3. The van der Waals surface area contributed by atoms with Crippen LogP contribution in [0.5, 0.6) is 5.75 Å². The molecule has 11 heteroatoms. The number of carbonyl (C=O) groups is 1. The number of ether oxygens (including phenoxy) is 1. The Morgan fingerprint density at radius 3 is 2.39 bits per heavy atom. The van der Waals surface area contributed by atoms with Crippen LogP contribution in [0.15, 0.2) is 83.0 Å². The van der Waals surface area contributed by atoms with E-state index in [1.54, 1.807) is 25.3 Å². The maximum absolute atomic E-state index is 12.5. The minimum atomic E-state index is -0.279. The third-order valence-corrected chi connectivity index (χ3v) is 6.36. The van der Waals surface area contributed by atoms with E-state index in [0.29, 0.717) is 22.2 Å². The number of aromatic nitrogens is 2. The van der Waals surface area contributed by atoms with Crippen LogP contribution in [-0.4, -0.2) is 41.9 Å². The fourth-order valence-electron chi connectivity index (χ4n) is 3.67. The molecule has 4 rings (SSSR count). The van der Waals surface area contributed by atoms with Crippen molar-refractivity contribution in [3.63, 3.8) is 0 Å². The second kappa shape index (κ2) is 12.3. The van der Waals surface area contributed by atoms with E-state index >= 15 is 0 Å². The summed E-state index contributed by atoms with van der Waals surface area (Å²) in [6, 6.07) is 22.4. The summed E-state index contributed by atoms with van der Waals surface area (Å²) < 4.78 is 7.17. The highest BCUT2D eigenvalue weighted by Crippen LogP contribution is 2.32. The third-order valence-electron chi connectivity index (χ3n) is 5.62. The zero-order valence-electron chi connectivity index (χ0n) is 20.5. The van der Waals surface area contributed by atoms with Crippen LogP contribution in [-0.2, 0) is 6.54 Å².